The van der Waals surface area contributed by atoms with E-state index in [1.54, 1.807) is 0 Å². The van der Waals surface area contributed by atoms with E-state index in [1.165, 1.54) is 5.56 Å². The Kier molecular flexibility index (Phi) is 7.16. The van der Waals surface area contributed by atoms with Crippen LogP contribution in [0, 0.1) is 5.92 Å². The van der Waals surface area contributed by atoms with Crippen LogP contribution in [0.25, 0.3) is 0 Å². The first-order valence-electron chi connectivity index (χ1n) is 7.81. The van der Waals surface area contributed by atoms with E-state index < -0.39 is 11.0 Å². The fourth-order valence-electron chi connectivity index (χ4n) is 2.14. The predicted octanol–water partition coefficient (Wildman–Crippen LogP) is 4.60. The Bertz CT molecular complexity index is 474. The van der Waals surface area contributed by atoms with Crippen molar-refractivity contribution >= 4 is 11.0 Å². The summed E-state index contributed by atoms with van der Waals surface area (Å²) in [7, 11) is -1.07. The number of hydrogen-bond acceptors (Lipinski definition) is 1. The fraction of sp³-hybridized carbons (Fsp3) is 0.556. The van der Waals surface area contributed by atoms with Crippen LogP contribution in [-0.4, -0.2) is 8.96 Å². The van der Waals surface area contributed by atoms with E-state index in [0.29, 0.717) is 5.92 Å². The number of nitrogens with one attached hydrogen (secondary N) is 1. The molecule has 1 rings (SSSR count). The Hall–Kier alpha value is -1.09. The lowest BCUT2D eigenvalue weighted by atomic mass is 9.93. The van der Waals surface area contributed by atoms with Crippen molar-refractivity contribution in [3.63, 3.8) is 0 Å². The zero-order valence-corrected chi connectivity index (χ0v) is 14.8. The van der Waals surface area contributed by atoms with Gasteiger partial charge in [-0.2, -0.15) is 0 Å². The van der Waals surface area contributed by atoms with Gasteiger partial charge in [0.25, 0.3) is 0 Å². The van der Waals surface area contributed by atoms with Gasteiger partial charge in [0.05, 0.1) is 4.75 Å². The second-order valence-electron chi connectivity index (χ2n) is 6.35. The van der Waals surface area contributed by atoms with Crippen molar-refractivity contribution in [2.24, 2.45) is 5.92 Å². The van der Waals surface area contributed by atoms with E-state index >= 15 is 0 Å². The monoisotopic (exact) mass is 307 g/mol. The van der Waals surface area contributed by atoms with Crippen molar-refractivity contribution in [1.82, 2.24) is 4.72 Å². The molecule has 0 spiro atoms. The molecule has 2 atom stereocenters. The molecular weight excluding hydrogens is 278 g/mol. The largest absolute Gasteiger partial charge is 0.309 e. The lowest BCUT2D eigenvalue weighted by Crippen LogP contribution is -2.35. The minimum Gasteiger partial charge on any atom is -0.309 e. The van der Waals surface area contributed by atoms with Gasteiger partial charge >= 0.3 is 0 Å². The molecule has 0 heterocycles. The van der Waals surface area contributed by atoms with E-state index in [-0.39, 0.29) is 4.75 Å². The van der Waals surface area contributed by atoms with Crippen molar-refractivity contribution in [2.45, 2.75) is 58.6 Å². The number of hydrogen-bond donors (Lipinski definition) is 1. The van der Waals surface area contributed by atoms with E-state index in [9.17, 15) is 4.21 Å². The van der Waals surface area contributed by atoms with Gasteiger partial charge in [-0.15, -0.1) is 0 Å². The summed E-state index contributed by atoms with van der Waals surface area (Å²) in [5, 5.41) is 0. The highest BCUT2D eigenvalue weighted by atomic mass is 32.2. The Morgan fingerprint density at radius 1 is 1.24 bits per heavy atom. The van der Waals surface area contributed by atoms with Crippen LogP contribution in [0.2, 0.25) is 0 Å². The fourth-order valence-corrected chi connectivity index (χ4v) is 2.91. The van der Waals surface area contributed by atoms with Crippen LogP contribution in [0.4, 0.5) is 0 Å². The number of allylic oxidation sites excluding steroid dienone is 2. The maximum absolute atomic E-state index is 12.4. The van der Waals surface area contributed by atoms with Crippen LogP contribution in [0.15, 0.2) is 42.1 Å². The molecule has 0 aromatic heterocycles. The summed E-state index contributed by atoms with van der Waals surface area (Å²) in [4.78, 5) is 0. The summed E-state index contributed by atoms with van der Waals surface area (Å²) in [6, 6.07) is 10.5. The number of rotatable bonds is 7. The first-order chi connectivity index (χ1) is 9.88. The summed E-state index contributed by atoms with van der Waals surface area (Å²) in [5.41, 5.74) is 2.45. The second-order valence-corrected chi connectivity index (χ2v) is 8.31. The van der Waals surface area contributed by atoms with Crippen LogP contribution in [-0.2, 0) is 17.4 Å². The minimum atomic E-state index is -1.07. The lowest BCUT2D eigenvalue weighted by molar-refractivity contribution is 0.560. The molecule has 0 aliphatic carbocycles. The summed E-state index contributed by atoms with van der Waals surface area (Å²) < 4.78 is 15.4. The Labute approximate surface area is 132 Å². The van der Waals surface area contributed by atoms with Gasteiger partial charge in [0.1, 0.15) is 11.0 Å². The molecule has 0 aliphatic rings. The molecule has 0 amide bonds. The van der Waals surface area contributed by atoms with Gasteiger partial charge in [0, 0.05) is 11.6 Å². The molecule has 0 saturated carbocycles. The van der Waals surface area contributed by atoms with Gasteiger partial charge in [-0.3, -0.25) is 0 Å². The molecule has 0 aliphatic heterocycles. The highest BCUT2D eigenvalue weighted by Gasteiger charge is 2.22. The normalized spacial score (nSPS) is 15.6. The van der Waals surface area contributed by atoms with Crippen molar-refractivity contribution in [3.05, 3.63) is 47.7 Å². The molecule has 0 saturated heterocycles. The SMILES string of the molecule is CC/C=C(\NS(=O)C(C)(C)C)C(CC)Cc1ccccc1. The summed E-state index contributed by atoms with van der Waals surface area (Å²) in [6.45, 7) is 10.3. The van der Waals surface area contributed by atoms with Gasteiger partial charge < -0.3 is 4.72 Å². The van der Waals surface area contributed by atoms with Gasteiger partial charge in [-0.1, -0.05) is 50.3 Å². The van der Waals surface area contributed by atoms with Gasteiger partial charge in [0.2, 0.25) is 0 Å². The zero-order valence-electron chi connectivity index (χ0n) is 14.0. The van der Waals surface area contributed by atoms with Gasteiger partial charge in [-0.05, 0) is 45.6 Å². The molecule has 0 radical (unpaired) electrons. The van der Waals surface area contributed by atoms with Crippen molar-refractivity contribution < 1.29 is 4.21 Å². The third-order valence-electron chi connectivity index (χ3n) is 3.45. The standard InChI is InChI=1S/C18H29NOS/c1-6-11-17(19-21(20)18(3,4)5)16(7-2)14-15-12-9-8-10-13-15/h8-13,16,19H,6-7,14H2,1-5H3/b17-11-. The topological polar surface area (TPSA) is 29.1 Å². The molecule has 0 fully saturated rings. The molecular formula is C18H29NOS. The Morgan fingerprint density at radius 3 is 2.33 bits per heavy atom. The summed E-state index contributed by atoms with van der Waals surface area (Å²) in [6.07, 6.45) is 5.16. The quantitative estimate of drug-likeness (QED) is 0.783. The van der Waals surface area contributed by atoms with Crippen LogP contribution < -0.4 is 4.72 Å². The highest BCUT2D eigenvalue weighted by molar-refractivity contribution is 7.84. The third-order valence-corrected chi connectivity index (χ3v) is 4.98. The van der Waals surface area contributed by atoms with E-state index in [1.807, 2.05) is 26.8 Å². The molecule has 118 valence electrons. The second kappa shape index (κ2) is 8.38. The Balaban J connectivity index is 2.87. The van der Waals surface area contributed by atoms with E-state index in [4.69, 9.17) is 0 Å². The lowest BCUT2D eigenvalue weighted by Gasteiger charge is -2.25. The van der Waals surface area contributed by atoms with Crippen LogP contribution in [0.3, 0.4) is 0 Å². The summed E-state index contributed by atoms with van der Waals surface area (Å²) >= 11 is 0. The molecule has 2 unspecified atom stereocenters. The summed E-state index contributed by atoms with van der Waals surface area (Å²) in [5.74, 6) is 0.388. The van der Waals surface area contributed by atoms with Crippen LogP contribution in [0.5, 0.6) is 0 Å². The average molecular weight is 308 g/mol. The first-order valence-corrected chi connectivity index (χ1v) is 8.96. The average Bonchev–Trinajstić information content (AvgIpc) is 2.44. The zero-order chi connectivity index (χ0) is 15.9. The van der Waals surface area contributed by atoms with Crippen molar-refractivity contribution in [2.75, 3.05) is 0 Å². The smallest absolute Gasteiger partial charge is 0.122 e. The number of benzene rings is 1. The first kappa shape index (κ1) is 18.0. The molecule has 21 heavy (non-hydrogen) atoms. The van der Waals surface area contributed by atoms with Crippen molar-refractivity contribution in [1.29, 1.82) is 0 Å². The molecule has 3 heteroatoms. The molecule has 2 nitrogen and oxygen atoms in total. The maximum atomic E-state index is 12.4. The van der Waals surface area contributed by atoms with Gasteiger partial charge in [0.15, 0.2) is 0 Å². The minimum absolute atomic E-state index is 0.252. The third kappa shape index (κ3) is 6.04. The molecule has 0 bridgehead atoms. The van der Waals surface area contributed by atoms with Crippen LogP contribution >= 0.6 is 0 Å². The molecule has 1 aromatic rings. The van der Waals surface area contributed by atoms with Crippen LogP contribution in [0.1, 0.15) is 53.0 Å². The predicted molar refractivity (Wildman–Crippen MR) is 93.3 cm³/mol. The maximum Gasteiger partial charge on any atom is 0.122 e. The van der Waals surface area contributed by atoms with E-state index in [2.05, 4.69) is 48.9 Å². The highest BCUT2D eigenvalue weighted by Crippen LogP contribution is 2.21. The molecule has 1 aromatic carbocycles. The Morgan fingerprint density at radius 2 is 1.86 bits per heavy atom. The molecule has 1 N–H and O–H groups in total. The van der Waals surface area contributed by atoms with E-state index in [0.717, 1.165) is 25.0 Å². The van der Waals surface area contributed by atoms with Crippen molar-refractivity contribution in [3.8, 4) is 0 Å². The van der Waals surface area contributed by atoms with Gasteiger partial charge in [-0.25, -0.2) is 4.21 Å².